The van der Waals surface area contributed by atoms with Crippen LogP contribution in [0.5, 0.6) is 5.75 Å². The Morgan fingerprint density at radius 1 is 1.39 bits per heavy atom. The Morgan fingerprint density at radius 2 is 2.17 bits per heavy atom. The van der Waals surface area contributed by atoms with Crippen LogP contribution in [0.1, 0.15) is 13.8 Å². The first-order valence-electron chi connectivity index (χ1n) is 6.58. The van der Waals surface area contributed by atoms with E-state index in [2.05, 4.69) is 23.2 Å². The molecule has 0 amide bonds. The number of aliphatic hydroxyl groups is 1. The van der Waals surface area contributed by atoms with Crippen LogP contribution in [0.2, 0.25) is 0 Å². The number of ether oxygens (including phenoxy) is 1. The van der Waals surface area contributed by atoms with Gasteiger partial charge in [-0.15, -0.1) is 0 Å². The highest BCUT2D eigenvalue weighted by Crippen LogP contribution is 2.29. The van der Waals surface area contributed by atoms with Crippen molar-refractivity contribution in [3.63, 3.8) is 0 Å². The van der Waals surface area contributed by atoms with Crippen LogP contribution in [0.15, 0.2) is 24.3 Å². The third-order valence-corrected chi connectivity index (χ3v) is 3.18. The smallest absolute Gasteiger partial charge is 0.142 e. The fraction of sp³-hybridized carbons (Fsp3) is 0.571. The number of para-hydroxylation sites is 2. The number of nitrogens with one attached hydrogen (secondary N) is 1. The third kappa shape index (κ3) is 2.94. The largest absolute Gasteiger partial charge is 0.492 e. The van der Waals surface area contributed by atoms with Crippen molar-refractivity contribution in [1.29, 1.82) is 0 Å². The Kier molecular flexibility index (Phi) is 4.44. The zero-order valence-electron chi connectivity index (χ0n) is 11.1. The highest BCUT2D eigenvalue weighted by Gasteiger charge is 2.25. The van der Waals surface area contributed by atoms with Gasteiger partial charge in [0.1, 0.15) is 5.75 Å². The van der Waals surface area contributed by atoms with Crippen molar-refractivity contribution in [2.24, 2.45) is 0 Å². The van der Waals surface area contributed by atoms with Crippen LogP contribution in [0.4, 0.5) is 5.69 Å². The molecule has 2 atom stereocenters. The van der Waals surface area contributed by atoms with E-state index in [0.29, 0.717) is 12.6 Å². The minimum absolute atomic E-state index is 0.128. The molecule has 1 aromatic carbocycles. The number of piperazine rings is 1. The van der Waals surface area contributed by atoms with E-state index in [4.69, 9.17) is 4.74 Å². The van der Waals surface area contributed by atoms with E-state index < -0.39 is 0 Å². The Balaban J connectivity index is 2.19. The van der Waals surface area contributed by atoms with Crippen molar-refractivity contribution < 1.29 is 9.84 Å². The van der Waals surface area contributed by atoms with Crippen LogP contribution in [-0.2, 0) is 0 Å². The van der Waals surface area contributed by atoms with Crippen molar-refractivity contribution in [2.75, 3.05) is 31.2 Å². The Morgan fingerprint density at radius 3 is 2.89 bits per heavy atom. The van der Waals surface area contributed by atoms with Crippen LogP contribution in [0.25, 0.3) is 0 Å². The molecular weight excluding hydrogens is 228 g/mol. The molecule has 2 rings (SSSR count). The summed E-state index contributed by atoms with van der Waals surface area (Å²) in [7, 11) is 0. The van der Waals surface area contributed by atoms with Gasteiger partial charge in [-0.3, -0.25) is 0 Å². The summed E-state index contributed by atoms with van der Waals surface area (Å²) < 4.78 is 5.67. The van der Waals surface area contributed by atoms with Gasteiger partial charge in [0.15, 0.2) is 0 Å². The Hall–Kier alpha value is -1.26. The molecule has 0 bridgehead atoms. The molecule has 2 unspecified atom stereocenters. The molecule has 0 radical (unpaired) electrons. The maximum atomic E-state index is 9.33. The molecule has 100 valence electrons. The van der Waals surface area contributed by atoms with E-state index in [1.807, 2.05) is 25.1 Å². The first-order chi connectivity index (χ1) is 8.74. The SMILES string of the molecule is CCOc1ccccc1N1CC(C)NC(CO)C1. The van der Waals surface area contributed by atoms with E-state index in [1.54, 1.807) is 0 Å². The van der Waals surface area contributed by atoms with E-state index >= 15 is 0 Å². The topological polar surface area (TPSA) is 44.7 Å². The first-order valence-corrected chi connectivity index (χ1v) is 6.58. The van der Waals surface area contributed by atoms with Crippen LogP contribution >= 0.6 is 0 Å². The van der Waals surface area contributed by atoms with Gasteiger partial charge in [-0.05, 0) is 26.0 Å². The molecule has 0 aromatic heterocycles. The van der Waals surface area contributed by atoms with E-state index in [0.717, 1.165) is 24.5 Å². The van der Waals surface area contributed by atoms with Crippen LogP contribution in [0.3, 0.4) is 0 Å². The highest BCUT2D eigenvalue weighted by molar-refractivity contribution is 5.59. The van der Waals surface area contributed by atoms with Gasteiger partial charge >= 0.3 is 0 Å². The van der Waals surface area contributed by atoms with Crippen LogP contribution in [-0.4, -0.2) is 43.5 Å². The second kappa shape index (κ2) is 6.07. The molecule has 0 spiro atoms. The number of aliphatic hydroxyl groups excluding tert-OH is 1. The van der Waals surface area contributed by atoms with Crippen molar-refractivity contribution >= 4 is 5.69 Å². The maximum Gasteiger partial charge on any atom is 0.142 e. The molecule has 1 fully saturated rings. The second-order valence-corrected chi connectivity index (χ2v) is 4.75. The zero-order valence-corrected chi connectivity index (χ0v) is 11.1. The zero-order chi connectivity index (χ0) is 13.0. The predicted octanol–water partition coefficient (Wildman–Crippen LogP) is 1.24. The van der Waals surface area contributed by atoms with Crippen molar-refractivity contribution in [3.8, 4) is 5.75 Å². The lowest BCUT2D eigenvalue weighted by Gasteiger charge is -2.38. The standard InChI is InChI=1S/C14H22N2O2/c1-3-18-14-7-5-4-6-13(14)16-8-11(2)15-12(9-16)10-17/h4-7,11-12,15,17H,3,8-10H2,1-2H3. The van der Waals surface area contributed by atoms with Crippen molar-refractivity contribution in [2.45, 2.75) is 25.9 Å². The summed E-state index contributed by atoms with van der Waals surface area (Å²) in [6.45, 7) is 6.71. The molecule has 4 nitrogen and oxygen atoms in total. The lowest BCUT2D eigenvalue weighted by Crippen LogP contribution is -2.57. The molecule has 4 heteroatoms. The summed E-state index contributed by atoms with van der Waals surface area (Å²) in [5.74, 6) is 0.922. The summed E-state index contributed by atoms with van der Waals surface area (Å²) in [4.78, 5) is 2.28. The molecule has 1 aromatic rings. The lowest BCUT2D eigenvalue weighted by atomic mass is 10.1. The Labute approximate surface area is 109 Å². The Bertz CT molecular complexity index is 384. The number of nitrogens with zero attached hydrogens (tertiary/aromatic N) is 1. The van der Waals surface area contributed by atoms with Gasteiger partial charge in [0.05, 0.1) is 18.9 Å². The fourth-order valence-corrected chi connectivity index (χ4v) is 2.48. The molecule has 18 heavy (non-hydrogen) atoms. The van der Waals surface area contributed by atoms with Crippen molar-refractivity contribution in [3.05, 3.63) is 24.3 Å². The quantitative estimate of drug-likeness (QED) is 0.844. The second-order valence-electron chi connectivity index (χ2n) is 4.75. The summed E-state index contributed by atoms with van der Waals surface area (Å²) in [5, 5.41) is 12.7. The van der Waals surface area contributed by atoms with E-state index in [-0.39, 0.29) is 12.6 Å². The normalized spacial score (nSPS) is 24.1. The molecule has 1 aliphatic rings. The van der Waals surface area contributed by atoms with E-state index in [9.17, 15) is 5.11 Å². The van der Waals surface area contributed by atoms with Gasteiger partial charge in [0, 0.05) is 25.2 Å². The highest BCUT2D eigenvalue weighted by atomic mass is 16.5. The van der Waals surface area contributed by atoms with Gasteiger partial charge in [-0.1, -0.05) is 12.1 Å². The monoisotopic (exact) mass is 250 g/mol. The van der Waals surface area contributed by atoms with Gasteiger partial charge < -0.3 is 20.1 Å². The van der Waals surface area contributed by atoms with Crippen LogP contribution < -0.4 is 15.0 Å². The minimum atomic E-state index is 0.128. The summed E-state index contributed by atoms with van der Waals surface area (Å²) in [6, 6.07) is 8.59. The number of hydrogen-bond acceptors (Lipinski definition) is 4. The molecule has 1 saturated heterocycles. The van der Waals surface area contributed by atoms with Gasteiger partial charge in [-0.2, -0.15) is 0 Å². The molecule has 0 saturated carbocycles. The van der Waals surface area contributed by atoms with Gasteiger partial charge in [-0.25, -0.2) is 0 Å². The molecule has 0 aliphatic carbocycles. The minimum Gasteiger partial charge on any atom is -0.492 e. The first kappa shape index (κ1) is 13.2. The number of hydrogen-bond donors (Lipinski definition) is 2. The van der Waals surface area contributed by atoms with Crippen LogP contribution in [0, 0.1) is 0 Å². The van der Waals surface area contributed by atoms with Gasteiger partial charge in [0.25, 0.3) is 0 Å². The molecule has 1 heterocycles. The number of anilines is 1. The predicted molar refractivity (Wildman–Crippen MR) is 73.3 cm³/mol. The average molecular weight is 250 g/mol. The van der Waals surface area contributed by atoms with Gasteiger partial charge in [0.2, 0.25) is 0 Å². The number of benzene rings is 1. The lowest BCUT2D eigenvalue weighted by molar-refractivity contribution is 0.221. The molecule has 2 N–H and O–H groups in total. The summed E-state index contributed by atoms with van der Waals surface area (Å²) >= 11 is 0. The molecular formula is C14H22N2O2. The van der Waals surface area contributed by atoms with Crippen molar-refractivity contribution in [1.82, 2.24) is 5.32 Å². The fourth-order valence-electron chi connectivity index (χ4n) is 2.48. The van der Waals surface area contributed by atoms with E-state index in [1.165, 1.54) is 0 Å². The average Bonchev–Trinajstić information content (AvgIpc) is 2.39. The third-order valence-electron chi connectivity index (χ3n) is 3.18. The number of rotatable bonds is 4. The summed E-state index contributed by atoms with van der Waals surface area (Å²) in [6.07, 6.45) is 0. The summed E-state index contributed by atoms with van der Waals surface area (Å²) in [5.41, 5.74) is 1.12. The molecule has 1 aliphatic heterocycles. The maximum absolute atomic E-state index is 9.33.